The Balaban J connectivity index is 2.22. The molecule has 0 radical (unpaired) electrons. The number of ketones is 1. The molecule has 3 rings (SSSR count). The molecular weight excluding hydrogens is 474 g/mol. The minimum absolute atomic E-state index is 0.241. The van der Waals surface area contributed by atoms with Gasteiger partial charge in [0.05, 0.1) is 23.3 Å². The van der Waals surface area contributed by atoms with E-state index in [0.717, 1.165) is 11.4 Å². The molecule has 33 heavy (non-hydrogen) atoms. The van der Waals surface area contributed by atoms with Crippen LogP contribution in [0.15, 0.2) is 51.6 Å². The Morgan fingerprint density at radius 3 is 2.27 bits per heavy atom. The lowest BCUT2D eigenvalue weighted by Gasteiger charge is -2.43. The Morgan fingerprint density at radius 1 is 1.09 bits per heavy atom. The van der Waals surface area contributed by atoms with Crippen molar-refractivity contribution in [2.24, 2.45) is 5.41 Å². The van der Waals surface area contributed by atoms with Crippen molar-refractivity contribution in [1.82, 2.24) is 10.6 Å². The van der Waals surface area contributed by atoms with Crippen molar-refractivity contribution in [3.05, 3.63) is 57.8 Å². The number of hydrogen-bond acceptors (Lipinski definition) is 5. The van der Waals surface area contributed by atoms with Crippen LogP contribution in [0.2, 0.25) is 0 Å². The van der Waals surface area contributed by atoms with Crippen LogP contribution in [0.3, 0.4) is 0 Å². The third-order valence-electron chi connectivity index (χ3n) is 5.20. The Kier molecular flexibility index (Phi) is 6.44. The van der Waals surface area contributed by atoms with Gasteiger partial charge in [0, 0.05) is 12.1 Å². The van der Waals surface area contributed by atoms with Gasteiger partial charge in [-0.05, 0) is 35.4 Å². The maximum atomic E-state index is 14.3. The van der Waals surface area contributed by atoms with Crippen molar-refractivity contribution in [2.45, 2.75) is 51.1 Å². The summed E-state index contributed by atoms with van der Waals surface area (Å²) in [5.41, 5.74) is -7.92. The molecule has 2 N–H and O–H groups in total. The molecule has 0 saturated carbocycles. The molecule has 12 heteroatoms. The van der Waals surface area contributed by atoms with Gasteiger partial charge >= 0.3 is 12.4 Å². The van der Waals surface area contributed by atoms with Gasteiger partial charge in [0.15, 0.2) is 5.78 Å². The molecular formula is C21H20F6N2O3S. The van der Waals surface area contributed by atoms with E-state index in [-0.39, 0.29) is 23.6 Å². The van der Waals surface area contributed by atoms with Crippen LogP contribution >= 0.6 is 11.3 Å². The van der Waals surface area contributed by atoms with Crippen LogP contribution in [0.25, 0.3) is 0 Å². The van der Waals surface area contributed by atoms with Crippen molar-refractivity contribution < 1.29 is 40.3 Å². The standard InChI is InChI=1S/C21H20F6N2O3S/c1-18(2)9-13(28-11-12-5-3-7-32-12)16(14(30)10-18)19(20(22,23)24,21(25,26)27)29-17(31)15-6-4-8-33-15/h3-8,28H,9-11H2,1-2H3,(H,29,31). The van der Waals surface area contributed by atoms with Gasteiger partial charge < -0.3 is 15.1 Å². The number of allylic oxidation sites excluding steroid dienone is 1. The van der Waals surface area contributed by atoms with E-state index < -0.39 is 52.7 Å². The van der Waals surface area contributed by atoms with Crippen LogP contribution in [0.5, 0.6) is 0 Å². The van der Waals surface area contributed by atoms with Crippen LogP contribution in [-0.4, -0.2) is 29.6 Å². The van der Waals surface area contributed by atoms with E-state index in [1.54, 1.807) is 13.8 Å². The number of rotatable bonds is 6. The van der Waals surface area contributed by atoms with Gasteiger partial charge in [0.1, 0.15) is 5.76 Å². The summed E-state index contributed by atoms with van der Waals surface area (Å²) in [5.74, 6) is -2.70. The topological polar surface area (TPSA) is 71.3 Å². The molecule has 1 aliphatic rings. The molecule has 0 fully saturated rings. The Morgan fingerprint density at radius 2 is 1.76 bits per heavy atom. The fraction of sp³-hybridized carbons (Fsp3) is 0.429. The maximum absolute atomic E-state index is 14.3. The molecule has 2 aromatic heterocycles. The molecule has 0 saturated heterocycles. The number of halogens is 6. The summed E-state index contributed by atoms with van der Waals surface area (Å²) in [6.45, 7) is 2.87. The molecule has 180 valence electrons. The SMILES string of the molecule is CC1(C)CC(=O)C(C(NC(=O)c2cccs2)(C(F)(F)F)C(F)(F)F)=C(NCc2ccco2)C1. The van der Waals surface area contributed by atoms with E-state index in [2.05, 4.69) is 5.32 Å². The van der Waals surface area contributed by atoms with Gasteiger partial charge in [-0.15, -0.1) is 11.3 Å². The van der Waals surface area contributed by atoms with Gasteiger partial charge in [-0.1, -0.05) is 19.9 Å². The Hall–Kier alpha value is -2.76. The van der Waals surface area contributed by atoms with Crippen LogP contribution in [0.4, 0.5) is 26.3 Å². The molecule has 0 unspecified atom stereocenters. The fourth-order valence-electron chi connectivity index (χ4n) is 3.80. The van der Waals surface area contributed by atoms with Crippen LogP contribution in [0.1, 0.15) is 42.1 Å². The van der Waals surface area contributed by atoms with E-state index in [1.165, 1.54) is 29.8 Å². The summed E-state index contributed by atoms with van der Waals surface area (Å²) >= 11 is 0.674. The highest BCUT2D eigenvalue weighted by molar-refractivity contribution is 7.12. The van der Waals surface area contributed by atoms with Crippen molar-refractivity contribution in [3.8, 4) is 0 Å². The summed E-state index contributed by atoms with van der Waals surface area (Å²) in [5, 5.41) is 5.01. The molecule has 2 heterocycles. The molecule has 0 atom stereocenters. The number of amides is 1. The van der Waals surface area contributed by atoms with Crippen molar-refractivity contribution in [1.29, 1.82) is 0 Å². The number of thiophene rings is 1. The second-order valence-electron chi connectivity index (χ2n) is 8.40. The lowest BCUT2D eigenvalue weighted by atomic mass is 9.70. The number of hydrogen-bond donors (Lipinski definition) is 2. The molecule has 0 bridgehead atoms. The number of alkyl halides is 6. The van der Waals surface area contributed by atoms with E-state index in [4.69, 9.17) is 4.42 Å². The van der Waals surface area contributed by atoms with Crippen molar-refractivity contribution >= 4 is 23.0 Å². The predicted molar refractivity (Wildman–Crippen MR) is 107 cm³/mol. The summed E-state index contributed by atoms with van der Waals surface area (Å²) in [4.78, 5) is 25.0. The molecule has 5 nitrogen and oxygen atoms in total. The second-order valence-corrected chi connectivity index (χ2v) is 9.35. The van der Waals surface area contributed by atoms with Gasteiger partial charge in [-0.3, -0.25) is 9.59 Å². The van der Waals surface area contributed by atoms with Crippen LogP contribution < -0.4 is 10.6 Å². The largest absolute Gasteiger partial charge is 0.467 e. The van der Waals surface area contributed by atoms with Crippen LogP contribution in [0, 0.1) is 5.41 Å². The maximum Gasteiger partial charge on any atom is 0.425 e. The minimum Gasteiger partial charge on any atom is -0.467 e. The highest BCUT2D eigenvalue weighted by Crippen LogP contribution is 2.52. The van der Waals surface area contributed by atoms with E-state index in [0.29, 0.717) is 11.3 Å². The first-order valence-electron chi connectivity index (χ1n) is 9.70. The van der Waals surface area contributed by atoms with Gasteiger partial charge in [0.25, 0.3) is 11.4 Å². The Labute approximate surface area is 188 Å². The zero-order valence-electron chi connectivity index (χ0n) is 17.5. The summed E-state index contributed by atoms with van der Waals surface area (Å²) in [6.07, 6.45) is -11.7. The summed E-state index contributed by atoms with van der Waals surface area (Å²) in [6, 6.07) is 5.38. The number of Topliss-reactive ketones (excluding diaryl/α,β-unsaturated/α-hetero) is 1. The first-order valence-corrected chi connectivity index (χ1v) is 10.6. The van der Waals surface area contributed by atoms with E-state index in [1.807, 2.05) is 0 Å². The van der Waals surface area contributed by atoms with Crippen molar-refractivity contribution in [3.63, 3.8) is 0 Å². The first-order chi connectivity index (χ1) is 15.2. The van der Waals surface area contributed by atoms with Gasteiger partial charge in [0.2, 0.25) is 0 Å². The monoisotopic (exact) mass is 494 g/mol. The van der Waals surface area contributed by atoms with Gasteiger partial charge in [-0.25, -0.2) is 0 Å². The van der Waals surface area contributed by atoms with Crippen molar-refractivity contribution in [2.75, 3.05) is 0 Å². The summed E-state index contributed by atoms with van der Waals surface area (Å²) in [7, 11) is 0. The Bertz CT molecular complexity index is 1020. The zero-order chi connectivity index (χ0) is 24.7. The number of carbonyl (C=O) groups excluding carboxylic acids is 2. The predicted octanol–water partition coefficient (Wildman–Crippen LogP) is 5.37. The number of furan rings is 1. The van der Waals surface area contributed by atoms with Gasteiger partial charge in [-0.2, -0.15) is 26.3 Å². The quantitative estimate of drug-likeness (QED) is 0.530. The molecule has 0 spiro atoms. The molecule has 0 aliphatic heterocycles. The number of nitrogens with one attached hydrogen (secondary N) is 2. The lowest BCUT2D eigenvalue weighted by Crippen LogP contribution is -2.70. The molecule has 0 aromatic carbocycles. The summed E-state index contributed by atoms with van der Waals surface area (Å²) < 4.78 is 91.2. The second kappa shape index (κ2) is 8.54. The smallest absolute Gasteiger partial charge is 0.425 e. The zero-order valence-corrected chi connectivity index (χ0v) is 18.3. The third-order valence-corrected chi connectivity index (χ3v) is 6.07. The van der Waals surface area contributed by atoms with E-state index in [9.17, 15) is 35.9 Å². The van der Waals surface area contributed by atoms with E-state index >= 15 is 0 Å². The van der Waals surface area contributed by atoms with Crippen LogP contribution in [-0.2, 0) is 11.3 Å². The highest BCUT2D eigenvalue weighted by atomic mass is 32.1. The average molecular weight is 494 g/mol. The average Bonchev–Trinajstić information content (AvgIpc) is 3.35. The first kappa shape index (κ1) is 24.9. The fourth-order valence-corrected chi connectivity index (χ4v) is 4.42. The molecule has 1 amide bonds. The normalized spacial score (nSPS) is 17.3. The lowest BCUT2D eigenvalue weighted by molar-refractivity contribution is -0.290. The number of carbonyl (C=O) groups is 2. The molecule has 1 aliphatic carbocycles. The molecule has 2 aromatic rings. The third kappa shape index (κ3) is 4.80. The highest BCUT2D eigenvalue weighted by Gasteiger charge is 2.76. The minimum atomic E-state index is -6.07.